The number of furan rings is 2. The zero-order chi connectivity index (χ0) is 25.9. The van der Waals surface area contributed by atoms with E-state index in [1.165, 1.54) is 12.1 Å². The van der Waals surface area contributed by atoms with E-state index in [1.54, 1.807) is 19.9 Å². The maximum atomic E-state index is 13.0. The van der Waals surface area contributed by atoms with Crippen molar-refractivity contribution in [1.82, 2.24) is 4.72 Å². The van der Waals surface area contributed by atoms with Gasteiger partial charge in [-0.05, 0) is 47.4 Å². The molecule has 6 aromatic rings. The first kappa shape index (κ1) is 23.3. The number of para-hydroxylation sites is 1. The lowest BCUT2D eigenvalue weighted by Crippen LogP contribution is -2.44. The Morgan fingerprint density at radius 1 is 0.757 bits per heavy atom. The van der Waals surface area contributed by atoms with Gasteiger partial charge in [-0.2, -0.15) is 4.72 Å². The molecule has 0 radical (unpaired) electrons. The van der Waals surface area contributed by atoms with Crippen molar-refractivity contribution in [2.24, 2.45) is 5.92 Å². The molecule has 0 saturated carbocycles. The molecule has 0 aliphatic heterocycles. The van der Waals surface area contributed by atoms with E-state index in [-0.39, 0.29) is 4.90 Å². The van der Waals surface area contributed by atoms with Crippen molar-refractivity contribution in [3.05, 3.63) is 78.9 Å². The SMILES string of the molecule is CC(C)[C@H](NS(=O)(=O)c1ccc2c(c1)oc1cccc(-c3cccc4oc5ccccc5c34)c12)C(=O)O. The van der Waals surface area contributed by atoms with Crippen LogP contribution in [0.25, 0.3) is 55.0 Å². The van der Waals surface area contributed by atoms with Gasteiger partial charge in [-0.25, -0.2) is 8.42 Å². The van der Waals surface area contributed by atoms with Gasteiger partial charge in [0.05, 0.1) is 4.90 Å². The lowest BCUT2D eigenvalue weighted by atomic mass is 9.95. The second kappa shape index (κ2) is 8.47. The summed E-state index contributed by atoms with van der Waals surface area (Å²) >= 11 is 0. The fraction of sp³-hybridized carbons (Fsp3) is 0.138. The topological polar surface area (TPSA) is 110 Å². The van der Waals surface area contributed by atoms with Crippen molar-refractivity contribution in [3.8, 4) is 11.1 Å². The summed E-state index contributed by atoms with van der Waals surface area (Å²) < 4.78 is 40.5. The highest BCUT2D eigenvalue weighted by molar-refractivity contribution is 7.89. The zero-order valence-corrected chi connectivity index (χ0v) is 20.9. The van der Waals surface area contributed by atoms with Gasteiger partial charge >= 0.3 is 5.97 Å². The molecule has 0 aliphatic rings. The van der Waals surface area contributed by atoms with Gasteiger partial charge in [0.15, 0.2) is 0 Å². The van der Waals surface area contributed by atoms with Gasteiger partial charge in [0.1, 0.15) is 28.4 Å². The number of hydrogen-bond donors (Lipinski definition) is 2. The highest BCUT2D eigenvalue weighted by Gasteiger charge is 2.28. The highest BCUT2D eigenvalue weighted by atomic mass is 32.2. The van der Waals surface area contributed by atoms with Crippen LogP contribution < -0.4 is 4.72 Å². The van der Waals surface area contributed by atoms with Crippen LogP contribution in [0.15, 0.2) is 92.6 Å². The summed E-state index contributed by atoms with van der Waals surface area (Å²) in [6.45, 7) is 3.30. The van der Waals surface area contributed by atoms with Crippen LogP contribution in [0, 0.1) is 5.92 Å². The molecule has 7 nitrogen and oxygen atoms in total. The predicted octanol–water partition coefficient (Wildman–Crippen LogP) is 6.54. The van der Waals surface area contributed by atoms with E-state index in [1.807, 2.05) is 60.7 Å². The molecular weight excluding hydrogens is 490 g/mol. The summed E-state index contributed by atoms with van der Waals surface area (Å²) in [4.78, 5) is 11.5. The van der Waals surface area contributed by atoms with E-state index in [9.17, 15) is 18.3 Å². The van der Waals surface area contributed by atoms with Gasteiger partial charge in [-0.3, -0.25) is 4.79 Å². The van der Waals surface area contributed by atoms with Crippen LogP contribution in [0.2, 0.25) is 0 Å². The van der Waals surface area contributed by atoms with Gasteiger partial charge in [0, 0.05) is 27.6 Å². The Bertz CT molecular complexity index is 1950. The smallest absolute Gasteiger partial charge is 0.322 e. The number of nitrogens with one attached hydrogen (secondary N) is 1. The fourth-order valence-corrected chi connectivity index (χ4v) is 6.26. The van der Waals surface area contributed by atoms with Crippen LogP contribution in [0.4, 0.5) is 0 Å². The largest absolute Gasteiger partial charge is 0.480 e. The average Bonchev–Trinajstić information content (AvgIpc) is 3.44. The minimum absolute atomic E-state index is 0.0598. The molecule has 0 bridgehead atoms. The highest BCUT2D eigenvalue weighted by Crippen LogP contribution is 2.42. The number of rotatable bonds is 6. The Morgan fingerprint density at radius 3 is 1.95 bits per heavy atom. The van der Waals surface area contributed by atoms with Gasteiger partial charge < -0.3 is 13.9 Å². The van der Waals surface area contributed by atoms with Gasteiger partial charge in [0.2, 0.25) is 10.0 Å². The molecule has 0 fully saturated rings. The van der Waals surface area contributed by atoms with Crippen LogP contribution >= 0.6 is 0 Å². The summed E-state index contributed by atoms with van der Waals surface area (Å²) in [6.07, 6.45) is 0. The van der Waals surface area contributed by atoms with Gasteiger partial charge in [-0.1, -0.05) is 56.3 Å². The monoisotopic (exact) mass is 513 g/mol. The van der Waals surface area contributed by atoms with E-state index in [0.717, 1.165) is 43.8 Å². The van der Waals surface area contributed by atoms with Crippen molar-refractivity contribution in [2.75, 3.05) is 0 Å². The maximum Gasteiger partial charge on any atom is 0.322 e. The molecule has 37 heavy (non-hydrogen) atoms. The number of hydrogen-bond acceptors (Lipinski definition) is 5. The van der Waals surface area contributed by atoms with E-state index < -0.39 is 28.0 Å². The van der Waals surface area contributed by atoms with E-state index in [4.69, 9.17) is 8.83 Å². The fourth-order valence-electron chi connectivity index (χ4n) is 4.90. The molecular formula is C29H23NO6S. The molecule has 1 atom stereocenters. The van der Waals surface area contributed by atoms with Crippen LogP contribution in [0.3, 0.4) is 0 Å². The van der Waals surface area contributed by atoms with E-state index in [0.29, 0.717) is 11.2 Å². The summed E-state index contributed by atoms with van der Waals surface area (Å²) in [5, 5.41) is 13.1. The Labute approximate surface area is 212 Å². The number of carboxylic acids is 1. The Kier molecular flexibility index (Phi) is 5.33. The van der Waals surface area contributed by atoms with Crippen LogP contribution in [0.1, 0.15) is 13.8 Å². The third-order valence-electron chi connectivity index (χ3n) is 6.69. The van der Waals surface area contributed by atoms with Crippen LogP contribution in [0.5, 0.6) is 0 Å². The first-order valence-corrected chi connectivity index (χ1v) is 13.3. The summed E-state index contributed by atoms with van der Waals surface area (Å²) in [6, 6.07) is 23.0. The third-order valence-corrected chi connectivity index (χ3v) is 8.13. The first-order valence-electron chi connectivity index (χ1n) is 11.9. The summed E-state index contributed by atoms with van der Waals surface area (Å²) in [5.74, 6) is -1.65. The second-order valence-corrected chi connectivity index (χ2v) is 11.1. The molecule has 2 N–H and O–H groups in total. The predicted molar refractivity (Wildman–Crippen MR) is 143 cm³/mol. The number of aliphatic carboxylic acids is 1. The Morgan fingerprint density at radius 2 is 1.32 bits per heavy atom. The molecule has 186 valence electrons. The Hall–Kier alpha value is -4.14. The van der Waals surface area contributed by atoms with E-state index in [2.05, 4.69) is 4.72 Å². The number of sulfonamides is 1. The minimum atomic E-state index is -4.09. The first-order chi connectivity index (χ1) is 17.7. The summed E-state index contributed by atoms with van der Waals surface area (Å²) in [7, 11) is -4.09. The standard InChI is InChI=1S/C29H23NO6S/c1-16(2)28(29(31)32)30-37(33,34)17-13-14-21-25(15-17)36-24-12-6-9-19(27(21)24)18-8-5-11-23-26(18)20-7-3-4-10-22(20)35-23/h3-16,28,30H,1-2H3,(H,31,32)/t28-/m0/s1. The lowest BCUT2D eigenvalue weighted by molar-refractivity contribution is -0.140. The number of benzene rings is 4. The maximum absolute atomic E-state index is 13.0. The number of carbonyl (C=O) groups is 1. The average molecular weight is 514 g/mol. The van der Waals surface area contributed by atoms with Crippen molar-refractivity contribution in [1.29, 1.82) is 0 Å². The van der Waals surface area contributed by atoms with Gasteiger partial charge in [0.25, 0.3) is 0 Å². The quantitative estimate of drug-likeness (QED) is 0.262. The van der Waals surface area contributed by atoms with E-state index >= 15 is 0 Å². The molecule has 0 saturated heterocycles. The van der Waals surface area contributed by atoms with Crippen LogP contribution in [-0.4, -0.2) is 25.5 Å². The molecule has 0 spiro atoms. The van der Waals surface area contributed by atoms with Crippen molar-refractivity contribution in [3.63, 3.8) is 0 Å². The molecule has 2 aromatic heterocycles. The normalized spacial score (nSPS) is 13.3. The van der Waals surface area contributed by atoms with Crippen LogP contribution in [-0.2, 0) is 14.8 Å². The third kappa shape index (κ3) is 3.77. The number of carboxylic acid groups (broad SMARTS) is 1. The molecule has 8 heteroatoms. The van der Waals surface area contributed by atoms with Gasteiger partial charge in [-0.15, -0.1) is 0 Å². The lowest BCUT2D eigenvalue weighted by Gasteiger charge is -2.17. The molecule has 0 unspecified atom stereocenters. The molecule has 6 rings (SSSR count). The zero-order valence-electron chi connectivity index (χ0n) is 20.1. The van der Waals surface area contributed by atoms with Crippen molar-refractivity contribution in [2.45, 2.75) is 24.8 Å². The molecule has 4 aromatic carbocycles. The number of fused-ring (bicyclic) bond motifs is 6. The minimum Gasteiger partial charge on any atom is -0.480 e. The molecule has 0 amide bonds. The second-order valence-electron chi connectivity index (χ2n) is 9.40. The van der Waals surface area contributed by atoms with Crippen molar-refractivity contribution < 1.29 is 27.2 Å². The molecule has 0 aliphatic carbocycles. The summed E-state index contributed by atoms with van der Waals surface area (Å²) in [5.41, 5.74) is 4.51. The molecule has 2 heterocycles. The Balaban J connectivity index is 1.53. The van der Waals surface area contributed by atoms with Crippen molar-refractivity contribution >= 4 is 59.9 Å².